The van der Waals surface area contributed by atoms with Gasteiger partial charge in [-0.25, -0.2) is 0 Å². The van der Waals surface area contributed by atoms with Crippen LogP contribution in [0.4, 0.5) is 5.69 Å². The predicted molar refractivity (Wildman–Crippen MR) is 109 cm³/mol. The minimum atomic E-state index is -0.515. The van der Waals surface area contributed by atoms with Gasteiger partial charge in [-0.15, -0.1) is 0 Å². The fourth-order valence-corrected chi connectivity index (χ4v) is 2.66. The van der Waals surface area contributed by atoms with Crippen LogP contribution in [0.1, 0.15) is 40.2 Å². The molecule has 1 aromatic carbocycles. The van der Waals surface area contributed by atoms with Gasteiger partial charge in [-0.3, -0.25) is 20.2 Å². The Morgan fingerprint density at radius 1 is 1.08 bits per heavy atom. The number of nitrogens with one attached hydrogen (secondary N) is 2. The molecule has 0 spiro atoms. The van der Waals surface area contributed by atoms with Gasteiger partial charge in [0, 0.05) is 30.4 Å². The highest BCUT2D eigenvalue weighted by atomic mass is 32.1. The first-order valence-corrected chi connectivity index (χ1v) is 9.31. The smallest absolute Gasteiger partial charge is 0.263 e. The standard InChI is InChI=1S/C17H21N3O3S.C2H6/c1-4-20(5-2)12-8-7-11(14(10-12)23-6-3)9-13-15(21)18-17(24)19-16(13)22;1-2/h7-10H,4-6H2,1-3H3,(H2,18,19,21,22,24);1-2H3. The molecule has 1 aliphatic heterocycles. The van der Waals surface area contributed by atoms with Gasteiger partial charge in [-0.05, 0) is 51.2 Å². The van der Waals surface area contributed by atoms with Crippen LogP contribution in [0.2, 0.25) is 0 Å². The molecule has 0 radical (unpaired) electrons. The zero-order valence-electron chi connectivity index (χ0n) is 16.0. The van der Waals surface area contributed by atoms with E-state index in [4.69, 9.17) is 17.0 Å². The topological polar surface area (TPSA) is 70.7 Å². The van der Waals surface area contributed by atoms with Crippen molar-refractivity contribution in [3.63, 3.8) is 0 Å². The largest absolute Gasteiger partial charge is 0.493 e. The maximum absolute atomic E-state index is 12.0. The molecule has 1 aromatic rings. The lowest BCUT2D eigenvalue weighted by molar-refractivity contribution is -0.123. The minimum Gasteiger partial charge on any atom is -0.493 e. The van der Waals surface area contributed by atoms with Crippen LogP contribution in [0.25, 0.3) is 6.08 Å². The monoisotopic (exact) mass is 377 g/mol. The lowest BCUT2D eigenvalue weighted by Crippen LogP contribution is -2.51. The third-order valence-electron chi connectivity index (χ3n) is 3.67. The van der Waals surface area contributed by atoms with E-state index in [9.17, 15) is 9.59 Å². The van der Waals surface area contributed by atoms with Crippen LogP contribution in [0.3, 0.4) is 0 Å². The summed E-state index contributed by atoms with van der Waals surface area (Å²) < 4.78 is 5.69. The van der Waals surface area contributed by atoms with Crippen LogP contribution < -0.4 is 20.3 Å². The number of anilines is 1. The van der Waals surface area contributed by atoms with Crippen molar-refractivity contribution in [2.75, 3.05) is 24.6 Å². The Morgan fingerprint density at radius 3 is 2.15 bits per heavy atom. The summed E-state index contributed by atoms with van der Waals surface area (Å²) in [5.74, 6) is -0.402. The molecule has 2 rings (SSSR count). The van der Waals surface area contributed by atoms with Crippen molar-refractivity contribution in [1.82, 2.24) is 10.6 Å². The van der Waals surface area contributed by atoms with Gasteiger partial charge >= 0.3 is 0 Å². The van der Waals surface area contributed by atoms with Crippen molar-refractivity contribution >= 4 is 40.9 Å². The molecule has 7 heteroatoms. The Balaban J connectivity index is 0.00000163. The molecular formula is C19H27N3O3S. The van der Waals surface area contributed by atoms with Gasteiger partial charge in [0.15, 0.2) is 5.11 Å². The van der Waals surface area contributed by atoms with Gasteiger partial charge in [0.2, 0.25) is 0 Å². The Kier molecular flexibility index (Phi) is 8.78. The summed E-state index contributed by atoms with van der Waals surface area (Å²) in [6.07, 6.45) is 1.52. The number of carbonyl (C=O) groups is 2. The molecule has 1 saturated heterocycles. The third kappa shape index (κ3) is 5.29. The summed E-state index contributed by atoms with van der Waals surface area (Å²) in [7, 11) is 0. The zero-order chi connectivity index (χ0) is 19.7. The lowest BCUT2D eigenvalue weighted by Gasteiger charge is -2.22. The number of benzene rings is 1. The number of nitrogens with zero attached hydrogens (tertiary/aromatic N) is 1. The van der Waals surface area contributed by atoms with Gasteiger partial charge in [0.1, 0.15) is 11.3 Å². The molecule has 142 valence electrons. The van der Waals surface area contributed by atoms with E-state index in [1.54, 1.807) is 0 Å². The average Bonchev–Trinajstić information content (AvgIpc) is 2.62. The highest BCUT2D eigenvalue weighted by molar-refractivity contribution is 7.80. The summed E-state index contributed by atoms with van der Waals surface area (Å²) in [5.41, 5.74) is 1.70. The second-order valence-corrected chi connectivity index (χ2v) is 5.53. The first-order chi connectivity index (χ1) is 12.5. The van der Waals surface area contributed by atoms with Crippen LogP contribution in [0, 0.1) is 0 Å². The second kappa shape index (κ2) is 10.6. The van der Waals surface area contributed by atoms with E-state index < -0.39 is 11.8 Å². The number of ether oxygens (including phenoxy) is 1. The minimum absolute atomic E-state index is 0.000132. The summed E-state index contributed by atoms with van der Waals surface area (Å²) in [4.78, 5) is 26.2. The molecule has 26 heavy (non-hydrogen) atoms. The SMILES string of the molecule is CC.CCOc1cc(N(CC)CC)ccc1C=C1C(=O)NC(=S)NC1=O. The van der Waals surface area contributed by atoms with Crippen molar-refractivity contribution in [2.24, 2.45) is 0 Å². The summed E-state index contributed by atoms with van der Waals surface area (Å²) in [6.45, 7) is 12.3. The van der Waals surface area contributed by atoms with E-state index >= 15 is 0 Å². The maximum Gasteiger partial charge on any atom is 0.263 e. The Morgan fingerprint density at radius 2 is 1.65 bits per heavy atom. The Bertz CT molecular complexity index is 675. The van der Waals surface area contributed by atoms with Crippen molar-refractivity contribution in [3.05, 3.63) is 29.3 Å². The molecule has 0 bridgehead atoms. The van der Waals surface area contributed by atoms with Crippen molar-refractivity contribution in [2.45, 2.75) is 34.6 Å². The second-order valence-electron chi connectivity index (χ2n) is 5.12. The molecule has 0 unspecified atom stereocenters. The van der Waals surface area contributed by atoms with E-state index in [-0.39, 0.29) is 10.7 Å². The lowest BCUT2D eigenvalue weighted by atomic mass is 10.1. The van der Waals surface area contributed by atoms with Gasteiger partial charge in [0.05, 0.1) is 6.61 Å². The maximum atomic E-state index is 12.0. The fourth-order valence-electron chi connectivity index (χ4n) is 2.47. The van der Waals surface area contributed by atoms with Crippen LogP contribution in [-0.4, -0.2) is 36.6 Å². The number of hydrogen-bond acceptors (Lipinski definition) is 5. The first kappa shape index (κ1) is 21.6. The van der Waals surface area contributed by atoms with E-state index in [1.807, 2.05) is 39.0 Å². The van der Waals surface area contributed by atoms with E-state index in [0.717, 1.165) is 18.8 Å². The molecule has 0 atom stereocenters. The van der Waals surface area contributed by atoms with E-state index in [2.05, 4.69) is 29.4 Å². The molecular weight excluding hydrogens is 350 g/mol. The van der Waals surface area contributed by atoms with Gasteiger partial charge in [0.25, 0.3) is 11.8 Å². The molecule has 2 amide bonds. The van der Waals surface area contributed by atoms with Crippen LogP contribution in [0.15, 0.2) is 23.8 Å². The predicted octanol–water partition coefficient (Wildman–Crippen LogP) is 2.87. The number of amides is 2. The van der Waals surface area contributed by atoms with Gasteiger partial charge in [-0.2, -0.15) is 0 Å². The summed E-state index contributed by atoms with van der Waals surface area (Å²) in [5, 5.41) is 4.86. The quantitative estimate of drug-likeness (QED) is 0.453. The van der Waals surface area contributed by atoms with Gasteiger partial charge < -0.3 is 9.64 Å². The number of rotatable bonds is 6. The highest BCUT2D eigenvalue weighted by Crippen LogP contribution is 2.28. The Hall–Kier alpha value is -2.41. The van der Waals surface area contributed by atoms with Crippen molar-refractivity contribution in [1.29, 1.82) is 0 Å². The molecule has 2 N–H and O–H groups in total. The van der Waals surface area contributed by atoms with E-state index in [0.29, 0.717) is 17.9 Å². The molecule has 6 nitrogen and oxygen atoms in total. The van der Waals surface area contributed by atoms with Crippen molar-refractivity contribution < 1.29 is 14.3 Å². The van der Waals surface area contributed by atoms with E-state index in [1.165, 1.54) is 6.08 Å². The number of thiocarbonyl (C=S) groups is 1. The van der Waals surface area contributed by atoms with Crippen LogP contribution in [0.5, 0.6) is 5.75 Å². The van der Waals surface area contributed by atoms with Crippen LogP contribution in [-0.2, 0) is 9.59 Å². The molecule has 0 aromatic heterocycles. The summed E-state index contributed by atoms with van der Waals surface area (Å²) in [6, 6.07) is 5.72. The number of hydrogen-bond donors (Lipinski definition) is 2. The van der Waals surface area contributed by atoms with Gasteiger partial charge in [-0.1, -0.05) is 13.8 Å². The molecule has 1 heterocycles. The third-order valence-corrected chi connectivity index (χ3v) is 3.87. The molecule has 1 fully saturated rings. The van der Waals surface area contributed by atoms with Crippen LogP contribution >= 0.6 is 12.2 Å². The first-order valence-electron chi connectivity index (χ1n) is 8.90. The molecule has 0 saturated carbocycles. The highest BCUT2D eigenvalue weighted by Gasteiger charge is 2.26. The zero-order valence-corrected chi connectivity index (χ0v) is 16.8. The van der Waals surface area contributed by atoms with Crippen molar-refractivity contribution in [3.8, 4) is 5.75 Å². The fraction of sp³-hybridized carbons (Fsp3) is 0.421. The Labute approximate surface area is 160 Å². The molecule has 1 aliphatic rings. The number of carbonyl (C=O) groups excluding carboxylic acids is 2. The molecule has 0 aliphatic carbocycles. The normalized spacial score (nSPS) is 13.3. The summed E-state index contributed by atoms with van der Waals surface area (Å²) >= 11 is 4.80. The average molecular weight is 378 g/mol.